The summed E-state index contributed by atoms with van der Waals surface area (Å²) < 4.78 is 0. The molecule has 0 saturated carbocycles. The van der Waals surface area contributed by atoms with Gasteiger partial charge in [-0.25, -0.2) is 4.98 Å². The molecular formula is C11H16ClN3S. The third kappa shape index (κ3) is 3.99. The zero-order valence-electron chi connectivity index (χ0n) is 9.75. The van der Waals surface area contributed by atoms with E-state index in [9.17, 15) is 0 Å². The van der Waals surface area contributed by atoms with Crippen LogP contribution >= 0.6 is 22.9 Å². The SMILES string of the molecule is CC(C)CCC(C)Nc1nc(Cl)c(C#N)s1. The van der Waals surface area contributed by atoms with Crippen LogP contribution in [0.1, 0.15) is 38.5 Å². The van der Waals surface area contributed by atoms with Crippen molar-refractivity contribution in [2.75, 3.05) is 5.32 Å². The highest BCUT2D eigenvalue weighted by atomic mass is 35.5. The first kappa shape index (κ1) is 13.3. The van der Waals surface area contributed by atoms with Crippen LogP contribution in [0.15, 0.2) is 0 Å². The molecule has 1 heterocycles. The van der Waals surface area contributed by atoms with Crippen LogP contribution in [0.2, 0.25) is 5.15 Å². The minimum absolute atomic E-state index is 0.297. The van der Waals surface area contributed by atoms with Crippen molar-refractivity contribution in [1.29, 1.82) is 5.26 Å². The molecule has 0 aliphatic heterocycles. The van der Waals surface area contributed by atoms with Crippen LogP contribution in [0.5, 0.6) is 0 Å². The number of nitrogens with zero attached hydrogens (tertiary/aromatic N) is 2. The van der Waals surface area contributed by atoms with Crippen LogP contribution in [0, 0.1) is 17.2 Å². The summed E-state index contributed by atoms with van der Waals surface area (Å²) in [7, 11) is 0. The van der Waals surface area contributed by atoms with Crippen LogP contribution in [-0.2, 0) is 0 Å². The minimum atomic E-state index is 0.297. The normalized spacial score (nSPS) is 12.5. The van der Waals surface area contributed by atoms with E-state index in [4.69, 9.17) is 16.9 Å². The van der Waals surface area contributed by atoms with Gasteiger partial charge in [-0.05, 0) is 25.7 Å². The maximum atomic E-state index is 8.75. The Morgan fingerprint density at radius 1 is 1.44 bits per heavy atom. The Balaban J connectivity index is 2.50. The Kier molecular flexibility index (Phi) is 5.04. The molecule has 1 atom stereocenters. The second-order valence-corrected chi connectivity index (χ2v) is 5.62. The highest BCUT2D eigenvalue weighted by molar-refractivity contribution is 7.16. The van der Waals surface area contributed by atoms with Crippen LogP contribution < -0.4 is 5.32 Å². The molecule has 0 spiro atoms. The fourth-order valence-corrected chi connectivity index (χ4v) is 2.36. The monoisotopic (exact) mass is 257 g/mol. The van der Waals surface area contributed by atoms with Crippen LogP contribution in [0.25, 0.3) is 0 Å². The zero-order valence-corrected chi connectivity index (χ0v) is 11.3. The molecule has 88 valence electrons. The van der Waals surface area contributed by atoms with E-state index in [1.807, 2.05) is 6.07 Å². The number of hydrogen-bond donors (Lipinski definition) is 1. The van der Waals surface area contributed by atoms with Gasteiger partial charge >= 0.3 is 0 Å². The van der Waals surface area contributed by atoms with Crippen molar-refractivity contribution in [2.24, 2.45) is 5.92 Å². The van der Waals surface area contributed by atoms with E-state index in [1.54, 1.807) is 0 Å². The smallest absolute Gasteiger partial charge is 0.185 e. The topological polar surface area (TPSA) is 48.7 Å². The summed E-state index contributed by atoms with van der Waals surface area (Å²) in [5, 5.41) is 13.0. The molecule has 0 aliphatic rings. The number of halogens is 1. The van der Waals surface area contributed by atoms with Gasteiger partial charge in [0.05, 0.1) is 0 Å². The molecule has 0 aliphatic carbocycles. The molecule has 0 amide bonds. The van der Waals surface area contributed by atoms with E-state index in [1.165, 1.54) is 17.8 Å². The van der Waals surface area contributed by atoms with Crippen molar-refractivity contribution >= 4 is 28.1 Å². The second kappa shape index (κ2) is 6.07. The first-order valence-corrected chi connectivity index (χ1v) is 6.55. The molecule has 16 heavy (non-hydrogen) atoms. The minimum Gasteiger partial charge on any atom is -0.359 e. The van der Waals surface area contributed by atoms with Crippen molar-refractivity contribution in [2.45, 2.75) is 39.7 Å². The van der Waals surface area contributed by atoms with Gasteiger partial charge in [-0.3, -0.25) is 0 Å². The lowest BCUT2D eigenvalue weighted by Gasteiger charge is -2.13. The van der Waals surface area contributed by atoms with Crippen molar-refractivity contribution in [1.82, 2.24) is 4.98 Å². The molecule has 0 bridgehead atoms. The summed E-state index contributed by atoms with van der Waals surface area (Å²) in [6.07, 6.45) is 2.27. The van der Waals surface area contributed by atoms with E-state index in [0.717, 1.165) is 11.6 Å². The van der Waals surface area contributed by atoms with Gasteiger partial charge in [0, 0.05) is 6.04 Å². The van der Waals surface area contributed by atoms with Crippen LogP contribution in [0.4, 0.5) is 5.13 Å². The predicted molar refractivity (Wildman–Crippen MR) is 69.0 cm³/mol. The molecule has 5 heteroatoms. The number of hydrogen-bond acceptors (Lipinski definition) is 4. The summed E-state index contributed by atoms with van der Waals surface area (Å²) in [5.41, 5.74) is 0. The molecule has 1 aromatic heterocycles. The fraction of sp³-hybridized carbons (Fsp3) is 0.636. The van der Waals surface area contributed by atoms with Gasteiger partial charge in [-0.15, -0.1) is 0 Å². The zero-order chi connectivity index (χ0) is 12.1. The second-order valence-electron chi connectivity index (χ2n) is 4.27. The quantitative estimate of drug-likeness (QED) is 0.870. The molecule has 0 radical (unpaired) electrons. The van der Waals surface area contributed by atoms with Gasteiger partial charge in [-0.2, -0.15) is 5.26 Å². The number of aromatic nitrogens is 1. The van der Waals surface area contributed by atoms with Crippen molar-refractivity contribution in [3.8, 4) is 6.07 Å². The molecular weight excluding hydrogens is 242 g/mol. The fourth-order valence-electron chi connectivity index (χ4n) is 1.30. The Bertz CT molecular complexity index is 381. The molecule has 1 unspecified atom stereocenters. The van der Waals surface area contributed by atoms with Crippen molar-refractivity contribution in [3.05, 3.63) is 10.0 Å². The molecule has 0 aromatic carbocycles. The molecule has 1 N–H and O–H groups in total. The summed E-state index contributed by atoms with van der Waals surface area (Å²) >= 11 is 7.10. The summed E-state index contributed by atoms with van der Waals surface area (Å²) in [6, 6.07) is 2.38. The Hall–Kier alpha value is -0.790. The maximum absolute atomic E-state index is 8.75. The summed E-state index contributed by atoms with van der Waals surface area (Å²) in [6.45, 7) is 6.53. The lowest BCUT2D eigenvalue weighted by molar-refractivity contribution is 0.527. The number of nitrogens with one attached hydrogen (secondary N) is 1. The van der Waals surface area contributed by atoms with E-state index < -0.39 is 0 Å². The number of anilines is 1. The molecule has 3 nitrogen and oxygen atoms in total. The van der Waals surface area contributed by atoms with E-state index >= 15 is 0 Å². The van der Waals surface area contributed by atoms with Crippen molar-refractivity contribution < 1.29 is 0 Å². The average Bonchev–Trinajstić information content (AvgIpc) is 2.55. The highest BCUT2D eigenvalue weighted by Gasteiger charge is 2.10. The first-order valence-electron chi connectivity index (χ1n) is 5.36. The van der Waals surface area contributed by atoms with Crippen LogP contribution in [-0.4, -0.2) is 11.0 Å². The van der Waals surface area contributed by atoms with Gasteiger partial charge in [0.15, 0.2) is 10.3 Å². The third-order valence-electron chi connectivity index (χ3n) is 2.23. The standard InChI is InChI=1S/C11H16ClN3S/c1-7(2)4-5-8(3)14-11-15-10(12)9(6-13)16-11/h7-8H,4-5H2,1-3H3,(H,14,15). The van der Waals surface area contributed by atoms with E-state index in [0.29, 0.717) is 22.0 Å². The van der Waals surface area contributed by atoms with E-state index in [2.05, 4.69) is 31.1 Å². The molecule has 1 aromatic rings. The van der Waals surface area contributed by atoms with Gasteiger partial charge < -0.3 is 5.32 Å². The predicted octanol–water partition coefficient (Wildman–Crippen LogP) is 3.90. The number of nitriles is 1. The van der Waals surface area contributed by atoms with Crippen molar-refractivity contribution in [3.63, 3.8) is 0 Å². The lowest BCUT2D eigenvalue weighted by atomic mass is 10.0. The maximum Gasteiger partial charge on any atom is 0.185 e. The van der Waals surface area contributed by atoms with E-state index in [-0.39, 0.29) is 0 Å². The largest absolute Gasteiger partial charge is 0.359 e. The molecule has 1 rings (SSSR count). The first-order chi connectivity index (χ1) is 7.52. The molecule has 0 saturated heterocycles. The van der Waals surface area contributed by atoms with Gasteiger partial charge in [0.25, 0.3) is 0 Å². The van der Waals surface area contributed by atoms with Gasteiger partial charge in [-0.1, -0.05) is 36.8 Å². The average molecular weight is 258 g/mol. The van der Waals surface area contributed by atoms with Gasteiger partial charge in [0.2, 0.25) is 0 Å². The summed E-state index contributed by atoms with van der Waals surface area (Å²) in [5.74, 6) is 0.707. The lowest BCUT2D eigenvalue weighted by Crippen LogP contribution is -2.15. The van der Waals surface area contributed by atoms with Gasteiger partial charge in [0.1, 0.15) is 10.9 Å². The Labute approximate surface area is 105 Å². The van der Waals surface area contributed by atoms with Crippen LogP contribution in [0.3, 0.4) is 0 Å². The number of rotatable bonds is 5. The third-order valence-corrected chi connectivity index (χ3v) is 3.51. The molecule has 0 fully saturated rings. The highest BCUT2D eigenvalue weighted by Crippen LogP contribution is 2.26. The number of thiazole rings is 1. The Morgan fingerprint density at radius 3 is 2.62 bits per heavy atom. The summed E-state index contributed by atoms with van der Waals surface area (Å²) in [4.78, 5) is 4.57. The Morgan fingerprint density at radius 2 is 2.12 bits per heavy atom.